The number of nitriles is 1. The van der Waals surface area contributed by atoms with Crippen molar-refractivity contribution < 1.29 is 12.7 Å². The molecule has 0 N–H and O–H groups in total. The van der Waals surface area contributed by atoms with Gasteiger partial charge in [-0.05, 0) is 22.9 Å². The third-order valence-electron chi connectivity index (χ3n) is 2.79. The summed E-state index contributed by atoms with van der Waals surface area (Å²) >= 11 is 0. The number of oxime groups is 1. The molecule has 1 aliphatic heterocycles. The highest BCUT2D eigenvalue weighted by Crippen LogP contribution is 2.25. The number of likely N-dealkylation sites (N-methyl/N-ethyl adjacent to an activating group) is 1. The first-order valence-electron chi connectivity index (χ1n) is 6.00. The molecule has 21 heavy (non-hydrogen) atoms. The summed E-state index contributed by atoms with van der Waals surface area (Å²) in [6, 6.07) is 11.4. The molecule has 0 amide bonds. The van der Waals surface area contributed by atoms with Crippen molar-refractivity contribution >= 4 is 21.5 Å². The van der Waals surface area contributed by atoms with Gasteiger partial charge in [-0.15, -0.1) is 0 Å². The van der Waals surface area contributed by atoms with E-state index in [1.54, 1.807) is 24.1 Å². The molecular weight excluding hydrogens is 290 g/mol. The zero-order valence-electron chi connectivity index (χ0n) is 11.5. The van der Waals surface area contributed by atoms with Crippen molar-refractivity contribution in [3.05, 3.63) is 53.7 Å². The van der Waals surface area contributed by atoms with E-state index in [1.165, 1.54) is 0 Å². The van der Waals surface area contributed by atoms with Gasteiger partial charge in [-0.25, -0.2) is 0 Å². The second kappa shape index (κ2) is 5.81. The van der Waals surface area contributed by atoms with Crippen molar-refractivity contribution in [3.63, 3.8) is 0 Å². The number of benzene rings is 1. The van der Waals surface area contributed by atoms with Crippen molar-refractivity contribution in [2.24, 2.45) is 5.16 Å². The average Bonchev–Trinajstić information content (AvgIpc) is 2.80. The normalized spacial score (nSPS) is 18.7. The highest BCUT2D eigenvalue weighted by molar-refractivity contribution is 7.85. The largest absolute Gasteiger partial charge is 0.326 e. The van der Waals surface area contributed by atoms with Gasteiger partial charge < -0.3 is 4.90 Å². The highest BCUT2D eigenvalue weighted by atomic mass is 32.2. The molecule has 0 aromatic heterocycles. The third-order valence-corrected chi connectivity index (χ3v) is 3.14. The predicted octanol–water partition coefficient (Wildman–Crippen LogP) is 1.71. The summed E-state index contributed by atoms with van der Waals surface area (Å²) in [5.74, 6) is 0.305. The second-order valence-corrected chi connectivity index (χ2v) is 5.92. The summed E-state index contributed by atoms with van der Waals surface area (Å²) in [4.78, 5) is 1.59. The van der Waals surface area contributed by atoms with Crippen LogP contribution in [-0.2, 0) is 14.4 Å². The van der Waals surface area contributed by atoms with Crippen LogP contribution in [0.1, 0.15) is 5.56 Å². The summed E-state index contributed by atoms with van der Waals surface area (Å²) in [6.45, 7) is 0. The first kappa shape index (κ1) is 14.8. The van der Waals surface area contributed by atoms with Gasteiger partial charge in [0, 0.05) is 7.05 Å². The number of hydrogen-bond acceptors (Lipinski definition) is 5. The molecule has 108 valence electrons. The van der Waals surface area contributed by atoms with Crippen LogP contribution in [0.15, 0.2) is 53.3 Å². The molecule has 0 aliphatic carbocycles. The van der Waals surface area contributed by atoms with Gasteiger partial charge >= 0.3 is 10.1 Å². The Morgan fingerprint density at radius 1 is 1.29 bits per heavy atom. The fourth-order valence-corrected chi connectivity index (χ4v) is 2.04. The zero-order chi connectivity index (χ0) is 15.5. The first-order valence-corrected chi connectivity index (χ1v) is 7.82. The Labute approximate surface area is 123 Å². The summed E-state index contributed by atoms with van der Waals surface area (Å²) in [6.07, 6.45) is 4.19. The molecule has 1 aromatic carbocycles. The van der Waals surface area contributed by atoms with E-state index in [0.29, 0.717) is 17.1 Å². The average molecular weight is 303 g/mol. The maximum atomic E-state index is 11.0. The summed E-state index contributed by atoms with van der Waals surface area (Å²) < 4.78 is 26.3. The standard InChI is InChI=1S/C14H13N3O3S/c1-17-13(8-9-14(17)16-20-21(2,18)19)12(10-15)11-6-4-3-5-7-11/h3-9H,1-2H3. The molecule has 0 spiro atoms. The van der Waals surface area contributed by atoms with Gasteiger partial charge in [0.2, 0.25) is 0 Å². The Morgan fingerprint density at radius 2 is 1.95 bits per heavy atom. The van der Waals surface area contributed by atoms with Crippen LogP contribution in [0.3, 0.4) is 0 Å². The maximum Gasteiger partial charge on any atom is 0.325 e. The minimum atomic E-state index is -3.66. The zero-order valence-corrected chi connectivity index (χ0v) is 12.3. The topological polar surface area (TPSA) is 82.8 Å². The van der Waals surface area contributed by atoms with E-state index in [4.69, 9.17) is 0 Å². The van der Waals surface area contributed by atoms with Crippen LogP contribution in [0.5, 0.6) is 0 Å². The number of allylic oxidation sites excluding steroid dienone is 2. The van der Waals surface area contributed by atoms with E-state index in [1.807, 2.05) is 30.3 Å². The lowest BCUT2D eigenvalue weighted by Gasteiger charge is -2.15. The Kier molecular flexibility index (Phi) is 4.10. The molecule has 7 heteroatoms. The Hall–Kier alpha value is -2.59. The Bertz CT molecular complexity index is 771. The molecule has 2 rings (SSSR count). The van der Waals surface area contributed by atoms with Crippen LogP contribution < -0.4 is 0 Å². The number of nitrogens with zero attached hydrogens (tertiary/aromatic N) is 3. The van der Waals surface area contributed by atoms with Crippen molar-refractivity contribution in [1.82, 2.24) is 4.90 Å². The van der Waals surface area contributed by atoms with Gasteiger partial charge in [0.15, 0.2) is 5.84 Å². The predicted molar refractivity (Wildman–Crippen MR) is 79.2 cm³/mol. The summed E-state index contributed by atoms with van der Waals surface area (Å²) in [5.41, 5.74) is 1.87. The smallest absolute Gasteiger partial charge is 0.325 e. The van der Waals surface area contributed by atoms with Gasteiger partial charge in [-0.1, -0.05) is 30.3 Å². The van der Waals surface area contributed by atoms with E-state index in [-0.39, 0.29) is 0 Å². The summed E-state index contributed by atoms with van der Waals surface area (Å²) in [5, 5.41) is 12.9. The third kappa shape index (κ3) is 3.49. The fourth-order valence-electron chi connectivity index (χ4n) is 1.82. The van der Waals surface area contributed by atoms with Crippen molar-refractivity contribution in [1.29, 1.82) is 5.26 Å². The minimum Gasteiger partial charge on any atom is -0.326 e. The Balaban J connectivity index is 2.37. The molecule has 0 saturated carbocycles. The van der Waals surface area contributed by atoms with Crippen LogP contribution in [0, 0.1) is 11.3 Å². The molecule has 0 radical (unpaired) electrons. The van der Waals surface area contributed by atoms with Gasteiger partial charge in [-0.3, -0.25) is 4.28 Å². The van der Waals surface area contributed by atoms with E-state index < -0.39 is 10.1 Å². The molecular formula is C14H13N3O3S. The SMILES string of the molecule is CN1C(=NOS(C)(=O)=O)C=CC1=C(C#N)c1ccccc1. The quantitative estimate of drug-likeness (QED) is 0.627. The van der Waals surface area contributed by atoms with Crippen LogP contribution in [0.4, 0.5) is 0 Å². The molecule has 1 aliphatic rings. The molecule has 1 aromatic rings. The van der Waals surface area contributed by atoms with E-state index in [9.17, 15) is 13.7 Å². The Morgan fingerprint density at radius 3 is 2.52 bits per heavy atom. The lowest BCUT2D eigenvalue weighted by Crippen LogP contribution is -2.20. The van der Waals surface area contributed by atoms with E-state index >= 15 is 0 Å². The molecule has 6 nitrogen and oxygen atoms in total. The van der Waals surface area contributed by atoms with Gasteiger partial charge in [0.25, 0.3) is 0 Å². The minimum absolute atomic E-state index is 0.305. The number of amidine groups is 1. The molecule has 0 saturated heterocycles. The van der Waals surface area contributed by atoms with Crippen molar-refractivity contribution in [2.45, 2.75) is 0 Å². The van der Waals surface area contributed by atoms with E-state index in [0.717, 1.165) is 11.8 Å². The lowest BCUT2D eigenvalue weighted by atomic mass is 10.1. The van der Waals surface area contributed by atoms with Gasteiger partial charge in [-0.2, -0.15) is 13.7 Å². The second-order valence-electron chi connectivity index (χ2n) is 4.36. The van der Waals surface area contributed by atoms with Gasteiger partial charge in [0.05, 0.1) is 17.5 Å². The van der Waals surface area contributed by atoms with Crippen LogP contribution in [-0.4, -0.2) is 32.5 Å². The number of hydrogen-bond donors (Lipinski definition) is 0. The monoisotopic (exact) mass is 303 g/mol. The molecule has 0 atom stereocenters. The van der Waals surface area contributed by atoms with Crippen molar-refractivity contribution in [2.75, 3.05) is 13.3 Å². The molecule has 1 heterocycles. The molecule has 0 fully saturated rings. The lowest BCUT2D eigenvalue weighted by molar-refractivity contribution is 0.337. The fraction of sp³-hybridized carbons (Fsp3) is 0.143. The first-order chi connectivity index (χ1) is 9.92. The van der Waals surface area contributed by atoms with Crippen LogP contribution in [0.2, 0.25) is 0 Å². The van der Waals surface area contributed by atoms with Gasteiger partial charge in [0.1, 0.15) is 6.07 Å². The molecule has 0 unspecified atom stereocenters. The summed E-state index contributed by atoms with van der Waals surface area (Å²) in [7, 11) is -1.98. The van der Waals surface area contributed by atoms with Crippen LogP contribution >= 0.6 is 0 Å². The van der Waals surface area contributed by atoms with E-state index in [2.05, 4.69) is 15.5 Å². The van der Waals surface area contributed by atoms with Crippen LogP contribution in [0.25, 0.3) is 5.57 Å². The molecule has 0 bridgehead atoms. The maximum absolute atomic E-state index is 11.0. The number of rotatable bonds is 3. The highest BCUT2D eigenvalue weighted by Gasteiger charge is 2.20. The van der Waals surface area contributed by atoms with Crippen molar-refractivity contribution in [3.8, 4) is 6.07 Å².